The number of hydrogen-bond donors (Lipinski definition) is 1. The highest BCUT2D eigenvalue weighted by molar-refractivity contribution is 5.96. The van der Waals surface area contributed by atoms with Gasteiger partial charge in [0.05, 0.1) is 7.11 Å². The Labute approximate surface area is 134 Å². The fourth-order valence-electron chi connectivity index (χ4n) is 2.27. The number of hydrogen-bond acceptors (Lipinski definition) is 5. The van der Waals surface area contributed by atoms with Crippen LogP contribution in [-0.4, -0.2) is 30.5 Å². The first-order valence-corrected chi connectivity index (χ1v) is 7.13. The molecule has 1 amide bonds. The van der Waals surface area contributed by atoms with Gasteiger partial charge in [0.25, 0.3) is 5.91 Å². The number of pyridine rings is 1. The lowest BCUT2D eigenvalue weighted by Gasteiger charge is -2.19. The van der Waals surface area contributed by atoms with Crippen molar-refractivity contribution in [2.24, 2.45) is 0 Å². The van der Waals surface area contributed by atoms with E-state index in [9.17, 15) is 14.7 Å². The van der Waals surface area contributed by atoms with Crippen LogP contribution in [0.3, 0.4) is 0 Å². The summed E-state index contributed by atoms with van der Waals surface area (Å²) in [5.74, 6) is -1.67. The molecule has 0 bridgehead atoms. The quantitative estimate of drug-likeness (QED) is 0.814. The van der Waals surface area contributed by atoms with E-state index in [0.29, 0.717) is 5.56 Å². The number of carboxylic acid groups (broad SMARTS) is 1. The van der Waals surface area contributed by atoms with Gasteiger partial charge in [0.15, 0.2) is 0 Å². The monoisotopic (exact) mass is 313 g/mol. The van der Waals surface area contributed by atoms with Gasteiger partial charge in [-0.2, -0.15) is 0 Å². The molecular weight excluding hydrogens is 296 g/mol. The Hall–Kier alpha value is -2.89. The summed E-state index contributed by atoms with van der Waals surface area (Å²) in [6, 6.07) is 12.4. The molecule has 0 aliphatic heterocycles. The van der Waals surface area contributed by atoms with E-state index in [-0.39, 0.29) is 30.7 Å². The number of nitrogens with one attached hydrogen (secondary N) is 1. The molecule has 1 aromatic carbocycles. The van der Waals surface area contributed by atoms with Gasteiger partial charge in [-0.05, 0) is 24.1 Å². The SMILES string of the molecule is COc1ncccc1C(=O)NC[C@@H](CC(=O)[O-])c1ccccc1. The average Bonchev–Trinajstić information content (AvgIpc) is 2.58. The van der Waals surface area contributed by atoms with E-state index >= 15 is 0 Å². The highest BCUT2D eigenvalue weighted by Gasteiger charge is 2.16. The maximum Gasteiger partial charge on any atom is 0.256 e. The van der Waals surface area contributed by atoms with Gasteiger partial charge in [-0.15, -0.1) is 0 Å². The lowest BCUT2D eigenvalue weighted by molar-refractivity contribution is -0.306. The molecule has 0 fully saturated rings. The lowest BCUT2D eigenvalue weighted by Crippen LogP contribution is -2.32. The predicted octanol–water partition coefficient (Wildman–Crippen LogP) is 0.744. The second-order valence-corrected chi connectivity index (χ2v) is 4.95. The summed E-state index contributed by atoms with van der Waals surface area (Å²) in [4.78, 5) is 27.2. The van der Waals surface area contributed by atoms with Gasteiger partial charge in [-0.1, -0.05) is 30.3 Å². The molecule has 2 rings (SSSR count). The summed E-state index contributed by atoms with van der Waals surface area (Å²) in [6.45, 7) is 0.175. The number of carbonyl (C=O) groups excluding carboxylic acids is 2. The van der Waals surface area contributed by atoms with Crippen molar-refractivity contribution in [1.29, 1.82) is 0 Å². The second kappa shape index (κ2) is 7.93. The van der Waals surface area contributed by atoms with E-state index in [1.165, 1.54) is 13.3 Å². The number of benzene rings is 1. The maximum atomic E-state index is 12.3. The predicted molar refractivity (Wildman–Crippen MR) is 81.9 cm³/mol. The van der Waals surface area contributed by atoms with Crippen molar-refractivity contribution in [3.8, 4) is 5.88 Å². The molecule has 0 saturated heterocycles. The van der Waals surface area contributed by atoms with E-state index in [1.54, 1.807) is 12.1 Å². The van der Waals surface area contributed by atoms with Crippen LogP contribution in [0.1, 0.15) is 28.3 Å². The van der Waals surface area contributed by atoms with Crippen LogP contribution in [0.4, 0.5) is 0 Å². The highest BCUT2D eigenvalue weighted by atomic mass is 16.5. The van der Waals surface area contributed by atoms with Gasteiger partial charge in [0, 0.05) is 24.6 Å². The van der Waals surface area contributed by atoms with Gasteiger partial charge in [-0.3, -0.25) is 4.79 Å². The number of carboxylic acids is 1. The number of aliphatic carboxylic acids is 1. The zero-order valence-electron chi connectivity index (χ0n) is 12.7. The zero-order chi connectivity index (χ0) is 16.7. The first-order valence-electron chi connectivity index (χ1n) is 7.13. The molecule has 0 aliphatic rings. The van der Waals surface area contributed by atoms with Crippen LogP contribution >= 0.6 is 0 Å². The minimum atomic E-state index is -1.16. The molecule has 1 aromatic heterocycles. The van der Waals surface area contributed by atoms with Crippen LogP contribution in [0.25, 0.3) is 0 Å². The van der Waals surface area contributed by atoms with Crippen molar-refractivity contribution < 1.29 is 19.4 Å². The Bertz CT molecular complexity index is 673. The topological polar surface area (TPSA) is 91.3 Å². The Kier molecular flexibility index (Phi) is 5.68. The summed E-state index contributed by atoms with van der Waals surface area (Å²) in [5, 5.41) is 13.7. The Balaban J connectivity index is 2.09. The molecule has 2 aromatic rings. The van der Waals surface area contributed by atoms with Gasteiger partial charge in [0.1, 0.15) is 5.56 Å². The third-order valence-corrected chi connectivity index (χ3v) is 3.40. The first-order chi connectivity index (χ1) is 11.1. The van der Waals surface area contributed by atoms with E-state index in [4.69, 9.17) is 4.74 Å². The summed E-state index contributed by atoms with van der Waals surface area (Å²) >= 11 is 0. The van der Waals surface area contributed by atoms with Gasteiger partial charge in [-0.25, -0.2) is 4.98 Å². The Morgan fingerprint density at radius 2 is 1.96 bits per heavy atom. The van der Waals surface area contributed by atoms with Crippen molar-refractivity contribution in [3.63, 3.8) is 0 Å². The lowest BCUT2D eigenvalue weighted by atomic mass is 9.95. The van der Waals surface area contributed by atoms with Gasteiger partial charge < -0.3 is 20.0 Å². The third kappa shape index (κ3) is 4.54. The first kappa shape index (κ1) is 16.5. The Morgan fingerprint density at radius 1 is 1.22 bits per heavy atom. The number of ether oxygens (including phenoxy) is 1. The highest BCUT2D eigenvalue weighted by Crippen LogP contribution is 2.19. The third-order valence-electron chi connectivity index (χ3n) is 3.40. The van der Waals surface area contributed by atoms with Crippen LogP contribution in [0.5, 0.6) is 5.88 Å². The molecule has 6 nitrogen and oxygen atoms in total. The van der Waals surface area contributed by atoms with Crippen molar-refractivity contribution in [2.45, 2.75) is 12.3 Å². The van der Waals surface area contributed by atoms with Gasteiger partial charge >= 0.3 is 0 Å². The molecule has 1 N–H and O–H groups in total. The molecule has 0 radical (unpaired) electrons. The summed E-state index contributed by atoms with van der Waals surface area (Å²) in [7, 11) is 1.43. The molecular formula is C17H17N2O4-. The van der Waals surface area contributed by atoms with E-state index < -0.39 is 5.97 Å². The fourth-order valence-corrected chi connectivity index (χ4v) is 2.27. The molecule has 23 heavy (non-hydrogen) atoms. The minimum Gasteiger partial charge on any atom is -0.550 e. The Morgan fingerprint density at radius 3 is 2.61 bits per heavy atom. The maximum absolute atomic E-state index is 12.3. The molecule has 1 heterocycles. The van der Waals surface area contributed by atoms with Gasteiger partial charge in [0.2, 0.25) is 5.88 Å². The number of aromatic nitrogens is 1. The van der Waals surface area contributed by atoms with Crippen LogP contribution < -0.4 is 15.2 Å². The molecule has 0 unspecified atom stereocenters. The smallest absolute Gasteiger partial charge is 0.256 e. The summed E-state index contributed by atoms with van der Waals surface area (Å²) < 4.78 is 5.05. The fraction of sp³-hybridized carbons (Fsp3) is 0.235. The summed E-state index contributed by atoms with van der Waals surface area (Å²) in [5.41, 5.74) is 1.13. The van der Waals surface area contributed by atoms with Crippen molar-refractivity contribution >= 4 is 11.9 Å². The molecule has 0 saturated carbocycles. The number of nitrogens with zero attached hydrogens (tertiary/aromatic N) is 1. The number of carbonyl (C=O) groups is 2. The molecule has 1 atom stereocenters. The molecule has 0 spiro atoms. The zero-order valence-corrected chi connectivity index (χ0v) is 12.7. The largest absolute Gasteiger partial charge is 0.550 e. The molecule has 0 aliphatic carbocycles. The van der Waals surface area contributed by atoms with E-state index in [2.05, 4.69) is 10.3 Å². The van der Waals surface area contributed by atoms with Crippen molar-refractivity contribution in [3.05, 3.63) is 59.8 Å². The standard InChI is InChI=1S/C17H18N2O4/c1-23-17-14(8-5-9-18-17)16(22)19-11-13(10-15(20)21)12-6-3-2-4-7-12/h2-9,13H,10-11H2,1H3,(H,19,22)(H,20,21)/p-1/t13-/m1/s1. The summed E-state index contributed by atoms with van der Waals surface area (Å²) in [6.07, 6.45) is 1.35. The minimum absolute atomic E-state index is 0.172. The van der Waals surface area contributed by atoms with Crippen molar-refractivity contribution in [2.75, 3.05) is 13.7 Å². The normalized spacial score (nSPS) is 11.5. The van der Waals surface area contributed by atoms with Crippen LogP contribution in [0.2, 0.25) is 0 Å². The second-order valence-electron chi connectivity index (χ2n) is 4.95. The van der Waals surface area contributed by atoms with E-state index in [0.717, 1.165) is 5.56 Å². The van der Waals surface area contributed by atoms with Crippen LogP contribution in [-0.2, 0) is 4.79 Å². The molecule has 6 heteroatoms. The number of methoxy groups -OCH3 is 1. The number of rotatable bonds is 7. The van der Waals surface area contributed by atoms with Crippen LogP contribution in [0, 0.1) is 0 Å². The van der Waals surface area contributed by atoms with Crippen molar-refractivity contribution in [1.82, 2.24) is 10.3 Å². The van der Waals surface area contributed by atoms with E-state index in [1.807, 2.05) is 30.3 Å². The number of amides is 1. The van der Waals surface area contributed by atoms with Crippen LogP contribution in [0.15, 0.2) is 48.7 Å². The average molecular weight is 313 g/mol. The molecule has 120 valence electrons.